The van der Waals surface area contributed by atoms with Gasteiger partial charge in [-0.05, 0) is 62.7 Å². The molecule has 0 spiro atoms. The molecule has 3 unspecified atom stereocenters. The van der Waals surface area contributed by atoms with Crippen LogP contribution in [0.5, 0.6) is 0 Å². The minimum absolute atomic E-state index is 0.0558. The van der Waals surface area contributed by atoms with Gasteiger partial charge in [-0.1, -0.05) is 60.0 Å². The Morgan fingerprint density at radius 1 is 1.04 bits per heavy atom. The van der Waals surface area contributed by atoms with Crippen LogP contribution in [0.15, 0.2) is 12.7 Å². The quantitative estimate of drug-likeness (QED) is 0.133. The molecule has 0 radical (unpaired) electrons. The van der Waals surface area contributed by atoms with Crippen molar-refractivity contribution >= 4 is 40.3 Å². The second-order valence-corrected chi connectivity index (χ2v) is 18.6. The van der Waals surface area contributed by atoms with E-state index in [9.17, 15) is 28.2 Å². The van der Waals surface area contributed by atoms with Crippen LogP contribution in [0.2, 0.25) is 0 Å². The van der Waals surface area contributed by atoms with E-state index in [0.717, 1.165) is 19.3 Å². The molecule has 3 rings (SSSR count). The Hall–Kier alpha value is -3.20. The van der Waals surface area contributed by atoms with Crippen molar-refractivity contribution in [2.75, 3.05) is 18.8 Å². The van der Waals surface area contributed by atoms with Crippen molar-refractivity contribution in [3.05, 3.63) is 12.7 Å². The number of carbonyl (C=O) groups excluding carboxylic acids is 5. The maximum atomic E-state index is 14.4. The van der Waals surface area contributed by atoms with Crippen LogP contribution in [0, 0.1) is 35.0 Å². The zero-order chi connectivity index (χ0) is 36.2. The molecule has 268 valence electrons. The largest absolute Gasteiger partial charge is 0.346 e. The van der Waals surface area contributed by atoms with Gasteiger partial charge in [0.1, 0.15) is 12.1 Å². The molecule has 48 heavy (non-hydrogen) atoms. The van der Waals surface area contributed by atoms with Gasteiger partial charge >= 0.3 is 6.03 Å². The Morgan fingerprint density at radius 2 is 1.67 bits per heavy atom. The molecule has 0 aromatic heterocycles. The molecule has 0 bridgehead atoms. The van der Waals surface area contributed by atoms with Gasteiger partial charge in [0.05, 0.1) is 11.6 Å². The molecule has 0 aromatic carbocycles. The summed E-state index contributed by atoms with van der Waals surface area (Å²) in [7, 11) is -1.19. The monoisotopic (exact) mass is 687 g/mol. The number of hydrogen-bond acceptors (Lipinski definition) is 6. The first-order valence-electron chi connectivity index (χ1n) is 17.1. The van der Waals surface area contributed by atoms with Crippen LogP contribution < -0.4 is 21.3 Å². The van der Waals surface area contributed by atoms with E-state index in [1.807, 2.05) is 55.4 Å². The van der Waals surface area contributed by atoms with Crippen molar-refractivity contribution < 1.29 is 28.2 Å². The van der Waals surface area contributed by atoms with Crippen LogP contribution >= 0.6 is 0 Å². The third-order valence-electron chi connectivity index (χ3n) is 10.3. The number of fused-ring (bicyclic) bond motifs is 1. The molecule has 11 nitrogen and oxygen atoms in total. The number of ketones is 1. The van der Waals surface area contributed by atoms with E-state index >= 15 is 0 Å². The highest BCUT2D eigenvalue weighted by Gasteiger charge is 2.70. The lowest BCUT2D eigenvalue weighted by Gasteiger charge is -2.41. The van der Waals surface area contributed by atoms with Gasteiger partial charge in [-0.15, -0.1) is 18.9 Å². The van der Waals surface area contributed by atoms with Crippen LogP contribution in [-0.2, 0) is 30.0 Å². The summed E-state index contributed by atoms with van der Waals surface area (Å²) >= 11 is 0. The fourth-order valence-electron chi connectivity index (χ4n) is 7.20. The first kappa shape index (κ1) is 39.2. The third-order valence-corrected chi connectivity index (χ3v) is 12.5. The number of likely N-dealkylation sites (tertiary alicyclic amines) is 1. The fraction of sp³-hybridized carbons (Fsp3) is 0.750. The van der Waals surface area contributed by atoms with Gasteiger partial charge in [-0.3, -0.25) is 23.4 Å². The standard InChI is InChI=1S/C36H57N5O6S/c1-11-13-17-24(27(42)30(44)37-20-12-2)38-29(43)26-25-23(35(25,9)10)21-41(26)31(45)28(33(3,4)5)39-32(46)40-36(18-15-14-16-19-36)22-48(47)34(6,7)8/h1,12,23-26,28H,2,13-22H2,3-10H3,(H,37,44)(H,38,43)(H2,39,40,46)/t23-,24?,25?,26+,28-,48?/m1/s1. The molecule has 6 atom stereocenters. The summed E-state index contributed by atoms with van der Waals surface area (Å²) < 4.78 is 12.8. The lowest BCUT2D eigenvalue weighted by atomic mass is 9.83. The fourth-order valence-corrected chi connectivity index (χ4v) is 8.50. The lowest BCUT2D eigenvalue weighted by molar-refractivity contribution is -0.145. The van der Waals surface area contributed by atoms with E-state index in [1.54, 1.807) is 0 Å². The average molecular weight is 688 g/mol. The predicted molar refractivity (Wildman–Crippen MR) is 188 cm³/mol. The number of nitrogens with one attached hydrogen (secondary N) is 4. The van der Waals surface area contributed by atoms with Gasteiger partial charge < -0.3 is 26.2 Å². The minimum atomic E-state index is -1.19. The zero-order valence-electron chi connectivity index (χ0n) is 30.1. The Morgan fingerprint density at radius 3 is 2.21 bits per heavy atom. The van der Waals surface area contributed by atoms with Gasteiger partial charge in [-0.2, -0.15) is 0 Å². The van der Waals surface area contributed by atoms with Gasteiger partial charge in [0.2, 0.25) is 17.6 Å². The summed E-state index contributed by atoms with van der Waals surface area (Å²) in [6.45, 7) is 19.4. The van der Waals surface area contributed by atoms with E-state index in [4.69, 9.17) is 6.42 Å². The summed E-state index contributed by atoms with van der Waals surface area (Å²) in [4.78, 5) is 69.2. The van der Waals surface area contributed by atoms with E-state index < -0.39 is 74.2 Å². The first-order chi connectivity index (χ1) is 22.2. The van der Waals surface area contributed by atoms with Gasteiger partial charge in [0.15, 0.2) is 0 Å². The molecule has 5 amide bonds. The topological polar surface area (TPSA) is 154 Å². The van der Waals surface area contributed by atoms with Crippen LogP contribution in [0.1, 0.15) is 100 Å². The van der Waals surface area contributed by atoms with Crippen LogP contribution in [0.25, 0.3) is 0 Å². The summed E-state index contributed by atoms with van der Waals surface area (Å²) in [6, 6.07) is -3.55. The summed E-state index contributed by atoms with van der Waals surface area (Å²) in [5.41, 5.74) is -1.58. The molecule has 1 aliphatic heterocycles. The van der Waals surface area contributed by atoms with Crippen LogP contribution in [0.4, 0.5) is 4.79 Å². The van der Waals surface area contributed by atoms with E-state index in [1.165, 1.54) is 11.0 Å². The maximum Gasteiger partial charge on any atom is 0.315 e. The number of carbonyl (C=O) groups is 5. The molecular formula is C36H57N5O6S. The number of Topliss-reactive ketones (excluding diaryl/α,β-unsaturated/α-hetero) is 1. The SMILES string of the molecule is C#CCCC(NC(=O)[C@@H]1C2[C@@H](CN1C(=O)[C@@H](NC(=O)NC1(CS(=O)C(C)(C)C)CCCCC1)C(C)(C)C)C2(C)C)C(=O)C(=O)NCC=C. The third kappa shape index (κ3) is 9.07. The van der Waals surface area contributed by atoms with Crippen LogP contribution in [0.3, 0.4) is 0 Å². The zero-order valence-corrected chi connectivity index (χ0v) is 30.9. The number of nitrogens with zero attached hydrogens (tertiary/aromatic N) is 1. The number of urea groups is 1. The van der Waals surface area contributed by atoms with E-state index in [2.05, 4.69) is 33.8 Å². The van der Waals surface area contributed by atoms with Gasteiger partial charge in [0.25, 0.3) is 5.91 Å². The van der Waals surface area contributed by atoms with Gasteiger partial charge in [0, 0.05) is 40.8 Å². The Kier molecular flexibility index (Phi) is 12.4. The highest BCUT2D eigenvalue weighted by Crippen LogP contribution is 2.65. The molecular weight excluding hydrogens is 630 g/mol. The van der Waals surface area contributed by atoms with Crippen molar-refractivity contribution in [3.8, 4) is 12.3 Å². The summed E-state index contributed by atoms with van der Waals surface area (Å²) in [5.74, 6) is 0.0756. The Balaban J connectivity index is 1.85. The highest BCUT2D eigenvalue weighted by molar-refractivity contribution is 7.86. The number of hydrogen-bond donors (Lipinski definition) is 4. The molecule has 2 saturated carbocycles. The summed E-state index contributed by atoms with van der Waals surface area (Å²) in [5, 5.41) is 11.3. The van der Waals surface area contributed by atoms with E-state index in [0.29, 0.717) is 25.1 Å². The molecule has 0 aromatic rings. The number of piperidine rings is 1. The minimum Gasteiger partial charge on any atom is -0.346 e. The number of terminal acetylenes is 1. The average Bonchev–Trinajstić information content (AvgIpc) is 3.30. The second-order valence-electron chi connectivity index (χ2n) is 16.4. The molecule has 12 heteroatoms. The molecule has 2 aliphatic carbocycles. The van der Waals surface area contributed by atoms with Crippen molar-refractivity contribution in [2.24, 2.45) is 22.7 Å². The Labute approximate surface area is 289 Å². The van der Waals surface area contributed by atoms with Crippen molar-refractivity contribution in [3.63, 3.8) is 0 Å². The number of rotatable bonds is 13. The second kappa shape index (κ2) is 15.1. The highest BCUT2D eigenvalue weighted by atomic mass is 32.2. The smallest absolute Gasteiger partial charge is 0.315 e. The normalized spacial score (nSPS) is 24.5. The first-order valence-corrected chi connectivity index (χ1v) is 18.5. The number of amides is 5. The molecule has 1 heterocycles. The molecule has 3 fully saturated rings. The van der Waals surface area contributed by atoms with Crippen molar-refractivity contribution in [2.45, 2.75) is 129 Å². The van der Waals surface area contributed by atoms with E-state index in [-0.39, 0.29) is 36.6 Å². The van der Waals surface area contributed by atoms with Crippen molar-refractivity contribution in [1.82, 2.24) is 26.2 Å². The predicted octanol–water partition coefficient (Wildman–Crippen LogP) is 3.20. The Bertz CT molecular complexity index is 1330. The lowest BCUT2D eigenvalue weighted by Crippen LogP contribution is -2.64. The summed E-state index contributed by atoms with van der Waals surface area (Å²) in [6.07, 6.45) is 11.4. The maximum absolute atomic E-state index is 14.4. The molecule has 1 saturated heterocycles. The van der Waals surface area contributed by atoms with Gasteiger partial charge in [-0.25, -0.2) is 4.79 Å². The molecule has 4 N–H and O–H groups in total. The van der Waals surface area contributed by atoms with Crippen LogP contribution in [-0.4, -0.2) is 85.9 Å². The van der Waals surface area contributed by atoms with Crippen molar-refractivity contribution in [1.29, 1.82) is 0 Å². The molecule has 3 aliphatic rings.